The third-order valence-corrected chi connectivity index (χ3v) is 9.14. The van der Waals surface area contributed by atoms with Gasteiger partial charge in [0.1, 0.15) is 0 Å². The first kappa shape index (κ1) is 24.8. The van der Waals surface area contributed by atoms with E-state index in [0.717, 1.165) is 37.6 Å². The van der Waals surface area contributed by atoms with Gasteiger partial charge in [-0.05, 0) is 90.8 Å². The van der Waals surface area contributed by atoms with E-state index in [4.69, 9.17) is 5.73 Å². The minimum atomic E-state index is 0.816. The number of fused-ring (bicyclic) bond motifs is 3. The molecule has 198 valence electrons. The molecule has 0 aromatic heterocycles. The molecule has 0 unspecified atom stereocenters. The van der Waals surface area contributed by atoms with Crippen LogP contribution in [0.15, 0.2) is 150 Å². The van der Waals surface area contributed by atoms with Crippen molar-refractivity contribution in [3.63, 3.8) is 0 Å². The second-order valence-corrected chi connectivity index (χ2v) is 11.7. The highest BCUT2D eigenvalue weighted by Crippen LogP contribution is 2.48. The first-order chi connectivity index (χ1) is 20.7. The standard InChI is InChI=1S/C40H26BrN/c41-37-20-18-30(22-34(37)26-10-3-1-4-11-26)36-24-35(27-12-5-2-6-13-27)39-32-19-17-31(38(39)40(36)42)23-33(32)29-16-15-25-9-7-8-14-28(25)21-29/h1-24H,42H2. The van der Waals surface area contributed by atoms with Crippen LogP contribution in [-0.4, -0.2) is 0 Å². The molecule has 9 rings (SSSR count). The van der Waals surface area contributed by atoms with Crippen molar-refractivity contribution in [2.45, 2.75) is 0 Å². The summed E-state index contributed by atoms with van der Waals surface area (Å²) in [5, 5.41) is 7.20. The van der Waals surface area contributed by atoms with Crippen LogP contribution in [-0.2, 0) is 0 Å². The maximum Gasteiger partial charge on any atom is 0.0480 e. The first-order valence-electron chi connectivity index (χ1n) is 14.2. The summed E-state index contributed by atoms with van der Waals surface area (Å²) in [6.45, 7) is 0. The molecule has 2 bridgehead atoms. The molecule has 0 heterocycles. The summed E-state index contributed by atoms with van der Waals surface area (Å²) in [5.74, 6) is 0. The van der Waals surface area contributed by atoms with Gasteiger partial charge in [-0.15, -0.1) is 0 Å². The Morgan fingerprint density at radius 2 is 1.00 bits per heavy atom. The van der Waals surface area contributed by atoms with Gasteiger partial charge in [0.25, 0.3) is 0 Å². The maximum absolute atomic E-state index is 7.15. The molecular formula is C40H26BrN. The zero-order valence-electron chi connectivity index (χ0n) is 22.8. The molecule has 0 spiro atoms. The third-order valence-electron chi connectivity index (χ3n) is 8.45. The SMILES string of the molecule is Nc1c(-c2ccc(Br)c(-c3ccccc3)c2)cc(-c2ccccc2)c2c3ccc(cc3-c3ccc4ccccc4c3)c12. The summed E-state index contributed by atoms with van der Waals surface area (Å²) in [4.78, 5) is 0. The van der Waals surface area contributed by atoms with E-state index in [1.54, 1.807) is 0 Å². The van der Waals surface area contributed by atoms with Gasteiger partial charge in [0.05, 0.1) is 0 Å². The van der Waals surface area contributed by atoms with Crippen LogP contribution >= 0.6 is 15.9 Å². The highest BCUT2D eigenvalue weighted by atomic mass is 79.9. The Bertz CT molecular complexity index is 2250. The summed E-state index contributed by atoms with van der Waals surface area (Å²) in [6.07, 6.45) is 0. The Kier molecular flexibility index (Phi) is 5.84. The molecule has 42 heavy (non-hydrogen) atoms. The fraction of sp³-hybridized carbons (Fsp3) is 0. The molecule has 0 aliphatic heterocycles. The number of nitrogens with two attached hydrogens (primary N) is 1. The quantitative estimate of drug-likeness (QED) is 0.200. The van der Waals surface area contributed by atoms with Crippen molar-refractivity contribution in [2.75, 3.05) is 5.73 Å². The van der Waals surface area contributed by atoms with Crippen LogP contribution in [0.5, 0.6) is 0 Å². The van der Waals surface area contributed by atoms with Crippen LogP contribution in [0.2, 0.25) is 0 Å². The molecule has 0 aliphatic carbocycles. The average Bonchev–Trinajstić information content (AvgIpc) is 3.06. The number of hydrogen-bond acceptors (Lipinski definition) is 1. The molecule has 0 amide bonds. The van der Waals surface area contributed by atoms with Gasteiger partial charge in [-0.25, -0.2) is 0 Å². The molecule has 0 radical (unpaired) electrons. The van der Waals surface area contributed by atoms with Gasteiger partial charge in [0.15, 0.2) is 0 Å². The molecule has 0 atom stereocenters. The van der Waals surface area contributed by atoms with Crippen LogP contribution in [0.1, 0.15) is 0 Å². The summed E-state index contributed by atoms with van der Waals surface area (Å²) >= 11 is 3.78. The van der Waals surface area contributed by atoms with Crippen molar-refractivity contribution in [1.29, 1.82) is 0 Å². The number of rotatable bonds is 4. The zero-order valence-corrected chi connectivity index (χ0v) is 24.4. The summed E-state index contributed by atoms with van der Waals surface area (Å²) in [5.41, 5.74) is 17.3. The monoisotopic (exact) mass is 599 g/mol. The fourth-order valence-electron chi connectivity index (χ4n) is 6.41. The average molecular weight is 601 g/mol. The number of nitrogen functional groups attached to an aromatic ring is 1. The van der Waals surface area contributed by atoms with E-state index in [1.807, 2.05) is 6.07 Å². The van der Waals surface area contributed by atoms with E-state index in [0.29, 0.717) is 0 Å². The van der Waals surface area contributed by atoms with Gasteiger partial charge >= 0.3 is 0 Å². The molecule has 0 aliphatic rings. The fourth-order valence-corrected chi connectivity index (χ4v) is 6.88. The van der Waals surface area contributed by atoms with Gasteiger partial charge < -0.3 is 5.73 Å². The van der Waals surface area contributed by atoms with Gasteiger partial charge in [0, 0.05) is 26.5 Å². The van der Waals surface area contributed by atoms with E-state index in [1.165, 1.54) is 49.4 Å². The Morgan fingerprint density at radius 3 is 1.76 bits per heavy atom. The zero-order chi connectivity index (χ0) is 28.2. The van der Waals surface area contributed by atoms with Crippen LogP contribution in [0.4, 0.5) is 5.69 Å². The van der Waals surface area contributed by atoms with Crippen LogP contribution in [0.25, 0.3) is 76.8 Å². The highest BCUT2D eigenvalue weighted by Gasteiger charge is 2.20. The van der Waals surface area contributed by atoms with Crippen LogP contribution in [0.3, 0.4) is 0 Å². The normalized spacial score (nSPS) is 11.5. The molecule has 0 saturated heterocycles. The summed E-state index contributed by atoms with van der Waals surface area (Å²) < 4.78 is 1.06. The van der Waals surface area contributed by atoms with Crippen molar-refractivity contribution in [3.8, 4) is 44.5 Å². The molecule has 2 heteroatoms. The summed E-state index contributed by atoms with van der Waals surface area (Å²) in [6, 6.07) is 52.1. The predicted octanol–water partition coefficient (Wildman–Crippen LogP) is 11.6. The van der Waals surface area contributed by atoms with E-state index in [9.17, 15) is 0 Å². The van der Waals surface area contributed by atoms with Crippen molar-refractivity contribution in [2.24, 2.45) is 0 Å². The first-order valence-corrected chi connectivity index (χ1v) is 15.0. The molecule has 9 aromatic carbocycles. The minimum absolute atomic E-state index is 0.816. The lowest BCUT2D eigenvalue weighted by Crippen LogP contribution is -1.98. The maximum atomic E-state index is 7.15. The smallest absolute Gasteiger partial charge is 0.0480 e. The Morgan fingerprint density at radius 1 is 0.381 bits per heavy atom. The predicted molar refractivity (Wildman–Crippen MR) is 184 cm³/mol. The van der Waals surface area contributed by atoms with E-state index in [2.05, 4.69) is 155 Å². The number of hydrogen-bond donors (Lipinski definition) is 1. The van der Waals surface area contributed by atoms with Gasteiger partial charge in [0.2, 0.25) is 0 Å². The number of anilines is 1. The lowest BCUT2D eigenvalue weighted by atomic mass is 9.83. The van der Waals surface area contributed by atoms with Gasteiger partial charge in [-0.1, -0.05) is 131 Å². The third kappa shape index (κ3) is 3.99. The lowest BCUT2D eigenvalue weighted by Gasteiger charge is -2.21. The van der Waals surface area contributed by atoms with Crippen molar-refractivity contribution < 1.29 is 0 Å². The lowest BCUT2D eigenvalue weighted by molar-refractivity contribution is 1.56. The van der Waals surface area contributed by atoms with E-state index >= 15 is 0 Å². The number of halogens is 1. The molecule has 0 fully saturated rings. The second kappa shape index (κ2) is 9.87. The van der Waals surface area contributed by atoms with Gasteiger partial charge in [-0.3, -0.25) is 0 Å². The molecular weight excluding hydrogens is 574 g/mol. The number of benzene rings is 9. The van der Waals surface area contributed by atoms with Crippen molar-refractivity contribution in [1.82, 2.24) is 0 Å². The largest absolute Gasteiger partial charge is 0.398 e. The molecule has 9 aromatic rings. The Balaban J connectivity index is 1.42. The Labute approximate surface area is 253 Å². The van der Waals surface area contributed by atoms with E-state index < -0.39 is 0 Å². The van der Waals surface area contributed by atoms with Crippen molar-refractivity contribution in [3.05, 3.63) is 150 Å². The molecule has 2 N–H and O–H groups in total. The van der Waals surface area contributed by atoms with Gasteiger partial charge in [-0.2, -0.15) is 0 Å². The topological polar surface area (TPSA) is 26.0 Å². The summed E-state index contributed by atoms with van der Waals surface area (Å²) in [7, 11) is 0. The molecule has 1 nitrogen and oxygen atoms in total. The Hall–Kier alpha value is -4.92. The minimum Gasteiger partial charge on any atom is -0.398 e. The molecule has 0 saturated carbocycles. The highest BCUT2D eigenvalue weighted by molar-refractivity contribution is 9.10. The second-order valence-electron chi connectivity index (χ2n) is 10.9. The van der Waals surface area contributed by atoms with Crippen molar-refractivity contribution >= 4 is 53.9 Å². The van der Waals surface area contributed by atoms with E-state index in [-0.39, 0.29) is 0 Å². The van der Waals surface area contributed by atoms with Crippen LogP contribution in [0, 0.1) is 0 Å². The van der Waals surface area contributed by atoms with Crippen LogP contribution < -0.4 is 5.73 Å².